The maximum Gasteiger partial charge on any atom is 0.524 e. The summed E-state index contributed by atoms with van der Waals surface area (Å²) in [6, 6.07) is 41.6. The van der Waals surface area contributed by atoms with Gasteiger partial charge in [-0.15, -0.1) is 0 Å². The van der Waals surface area contributed by atoms with Crippen LogP contribution in [0.4, 0.5) is 11.4 Å². The SMILES string of the molecule is C1=C(c2cccc(-c3ccc4c(c3)-c3ccccc3N3B4Oc4ccccc43)c2)CCc2ccccc21. The maximum atomic E-state index is 6.49. The average Bonchev–Trinajstić information content (AvgIpc) is 3.37. The second-order valence-corrected chi connectivity index (χ2v) is 10.1. The fraction of sp³-hybridized carbons (Fsp3) is 0.0588. The van der Waals surface area contributed by atoms with E-state index in [0.29, 0.717) is 0 Å². The van der Waals surface area contributed by atoms with Gasteiger partial charge in [0.25, 0.3) is 0 Å². The maximum absolute atomic E-state index is 6.49. The Morgan fingerprint density at radius 3 is 2.35 bits per heavy atom. The molecular formula is C34H24BNO. The molecule has 0 atom stereocenters. The lowest BCUT2D eigenvalue weighted by atomic mass is 9.64. The highest BCUT2D eigenvalue weighted by Gasteiger charge is 2.44. The molecular weight excluding hydrogens is 449 g/mol. The summed E-state index contributed by atoms with van der Waals surface area (Å²) >= 11 is 0. The van der Waals surface area contributed by atoms with Gasteiger partial charge in [0.1, 0.15) is 5.75 Å². The largest absolute Gasteiger partial charge is 0.536 e. The first-order valence-electron chi connectivity index (χ1n) is 13.0. The van der Waals surface area contributed by atoms with Crippen LogP contribution >= 0.6 is 0 Å². The molecule has 0 N–H and O–H groups in total. The molecule has 0 fully saturated rings. The van der Waals surface area contributed by atoms with E-state index in [9.17, 15) is 0 Å². The molecule has 0 radical (unpaired) electrons. The molecule has 3 heteroatoms. The second kappa shape index (κ2) is 8.01. The summed E-state index contributed by atoms with van der Waals surface area (Å²) in [6.07, 6.45) is 4.54. The van der Waals surface area contributed by atoms with E-state index in [4.69, 9.17) is 4.65 Å². The fourth-order valence-electron chi connectivity index (χ4n) is 6.17. The van der Waals surface area contributed by atoms with Gasteiger partial charge in [-0.25, -0.2) is 0 Å². The normalized spacial score (nSPS) is 14.5. The molecule has 2 aliphatic heterocycles. The van der Waals surface area contributed by atoms with Crippen LogP contribution < -0.4 is 14.9 Å². The van der Waals surface area contributed by atoms with E-state index in [0.717, 1.165) is 24.3 Å². The molecule has 0 amide bonds. The van der Waals surface area contributed by atoms with E-state index >= 15 is 0 Å². The summed E-state index contributed by atoms with van der Waals surface area (Å²) in [4.78, 5) is 2.33. The number of benzene rings is 5. The molecule has 0 spiro atoms. The van der Waals surface area contributed by atoms with Gasteiger partial charge >= 0.3 is 7.05 Å². The van der Waals surface area contributed by atoms with Crippen molar-refractivity contribution in [2.75, 3.05) is 4.81 Å². The lowest BCUT2D eigenvalue weighted by Gasteiger charge is -2.31. The van der Waals surface area contributed by atoms with Crippen molar-refractivity contribution in [2.45, 2.75) is 12.8 Å². The van der Waals surface area contributed by atoms with Crippen LogP contribution in [0.15, 0.2) is 115 Å². The van der Waals surface area contributed by atoms with Crippen molar-refractivity contribution in [1.29, 1.82) is 0 Å². The van der Waals surface area contributed by atoms with Crippen molar-refractivity contribution in [3.63, 3.8) is 0 Å². The lowest BCUT2D eigenvalue weighted by molar-refractivity contribution is 0.603. The van der Waals surface area contributed by atoms with Gasteiger partial charge in [0, 0.05) is 11.3 Å². The Bertz CT molecular complexity index is 1740. The molecule has 0 unspecified atom stereocenters. The van der Waals surface area contributed by atoms with E-state index in [1.165, 1.54) is 55.7 Å². The zero-order chi connectivity index (χ0) is 24.3. The molecule has 0 saturated carbocycles. The molecule has 2 heterocycles. The second-order valence-electron chi connectivity index (χ2n) is 10.1. The van der Waals surface area contributed by atoms with E-state index < -0.39 is 0 Å². The van der Waals surface area contributed by atoms with Crippen molar-refractivity contribution in [2.24, 2.45) is 0 Å². The van der Waals surface area contributed by atoms with Crippen molar-refractivity contribution in [3.8, 4) is 28.0 Å². The number of hydrogen-bond acceptors (Lipinski definition) is 2. The molecule has 5 aromatic carbocycles. The predicted octanol–water partition coefficient (Wildman–Crippen LogP) is 7.75. The van der Waals surface area contributed by atoms with Crippen molar-refractivity contribution in [1.82, 2.24) is 0 Å². The smallest absolute Gasteiger partial charge is 0.524 e. The highest BCUT2D eigenvalue weighted by molar-refractivity contribution is 6.77. The van der Waals surface area contributed by atoms with Crippen LogP contribution in [0.3, 0.4) is 0 Å². The molecule has 174 valence electrons. The highest BCUT2D eigenvalue weighted by atomic mass is 16.5. The van der Waals surface area contributed by atoms with Crippen LogP contribution in [0.5, 0.6) is 5.75 Å². The first kappa shape index (κ1) is 20.7. The number of allylic oxidation sites excluding steroid dienone is 1. The van der Waals surface area contributed by atoms with Gasteiger partial charge in [-0.2, -0.15) is 0 Å². The third-order valence-corrected chi connectivity index (χ3v) is 7.99. The third kappa shape index (κ3) is 3.21. The van der Waals surface area contributed by atoms with Gasteiger partial charge in [-0.1, -0.05) is 91.0 Å². The Morgan fingerprint density at radius 2 is 1.38 bits per heavy atom. The summed E-state index contributed by atoms with van der Waals surface area (Å²) in [5, 5.41) is 0. The highest BCUT2D eigenvalue weighted by Crippen LogP contribution is 2.47. The van der Waals surface area contributed by atoms with E-state index in [1.807, 2.05) is 6.07 Å². The molecule has 8 rings (SSSR count). The van der Waals surface area contributed by atoms with E-state index in [2.05, 4.69) is 120 Å². The topological polar surface area (TPSA) is 12.5 Å². The van der Waals surface area contributed by atoms with Gasteiger partial charge < -0.3 is 9.47 Å². The molecule has 1 aliphatic carbocycles. The molecule has 37 heavy (non-hydrogen) atoms. The molecule has 0 aromatic heterocycles. The first-order chi connectivity index (χ1) is 18.3. The number of rotatable bonds is 2. The number of para-hydroxylation sites is 3. The first-order valence-corrected chi connectivity index (χ1v) is 13.0. The lowest BCUT2D eigenvalue weighted by Crippen LogP contribution is -2.50. The number of anilines is 2. The average molecular weight is 473 g/mol. The van der Waals surface area contributed by atoms with Gasteiger partial charge in [-0.05, 0) is 87.6 Å². The summed E-state index contributed by atoms with van der Waals surface area (Å²) in [5.41, 5.74) is 14.0. The van der Waals surface area contributed by atoms with Crippen LogP contribution in [-0.4, -0.2) is 7.05 Å². The molecule has 2 nitrogen and oxygen atoms in total. The number of hydrogen-bond donors (Lipinski definition) is 0. The summed E-state index contributed by atoms with van der Waals surface area (Å²) in [7, 11) is -0.143. The van der Waals surface area contributed by atoms with Gasteiger partial charge in [0.15, 0.2) is 0 Å². The van der Waals surface area contributed by atoms with Crippen molar-refractivity contribution >= 4 is 35.5 Å². The third-order valence-electron chi connectivity index (χ3n) is 7.99. The molecule has 3 aliphatic rings. The van der Waals surface area contributed by atoms with E-state index in [1.54, 1.807) is 0 Å². The van der Waals surface area contributed by atoms with Crippen LogP contribution in [0.2, 0.25) is 0 Å². The summed E-state index contributed by atoms with van der Waals surface area (Å²) < 4.78 is 6.49. The Kier molecular flexibility index (Phi) is 4.47. The Morgan fingerprint density at radius 1 is 0.595 bits per heavy atom. The monoisotopic (exact) mass is 473 g/mol. The quantitative estimate of drug-likeness (QED) is 0.243. The van der Waals surface area contributed by atoms with Crippen LogP contribution in [-0.2, 0) is 6.42 Å². The zero-order valence-corrected chi connectivity index (χ0v) is 20.4. The minimum Gasteiger partial charge on any atom is -0.536 e. The summed E-state index contributed by atoms with van der Waals surface area (Å²) in [5.74, 6) is 0.939. The standard InChI is InChI=1S/C34H24BNO/c1-2-9-24-20-27(17-16-23(24)8-1)25-10-7-11-26(21-25)28-18-19-31-30(22-28)29-12-3-4-13-32(29)36-33-14-5-6-15-34(33)37-35(31)36/h1-15,18-22H,16-17H2. The fourth-order valence-corrected chi connectivity index (χ4v) is 6.17. The van der Waals surface area contributed by atoms with Crippen molar-refractivity contribution in [3.05, 3.63) is 132 Å². The van der Waals surface area contributed by atoms with Crippen molar-refractivity contribution < 1.29 is 4.65 Å². The zero-order valence-electron chi connectivity index (χ0n) is 20.4. The van der Waals surface area contributed by atoms with E-state index in [-0.39, 0.29) is 7.05 Å². The number of fused-ring (bicyclic) bond motifs is 9. The Balaban J connectivity index is 1.22. The predicted molar refractivity (Wildman–Crippen MR) is 155 cm³/mol. The minimum absolute atomic E-state index is 0.143. The van der Waals surface area contributed by atoms with Crippen LogP contribution in [0, 0.1) is 0 Å². The number of aryl methyl sites for hydroxylation is 1. The Hall–Kier alpha value is -4.50. The molecule has 5 aromatic rings. The molecule has 0 bridgehead atoms. The van der Waals surface area contributed by atoms with Crippen LogP contribution in [0.1, 0.15) is 23.1 Å². The van der Waals surface area contributed by atoms with Gasteiger partial charge in [0.2, 0.25) is 0 Å². The van der Waals surface area contributed by atoms with Gasteiger partial charge in [-0.3, -0.25) is 0 Å². The van der Waals surface area contributed by atoms with Crippen LogP contribution in [0.25, 0.3) is 33.9 Å². The Labute approximate surface area is 217 Å². The molecule has 0 saturated heterocycles. The number of nitrogens with zero attached hydrogens (tertiary/aromatic N) is 1. The van der Waals surface area contributed by atoms with Gasteiger partial charge in [0.05, 0.1) is 5.69 Å². The minimum atomic E-state index is -0.143. The summed E-state index contributed by atoms with van der Waals surface area (Å²) in [6.45, 7) is 0.